The average molecular weight is 721 g/mol. The van der Waals surface area contributed by atoms with Crippen LogP contribution in [0.25, 0.3) is 5.57 Å². The summed E-state index contributed by atoms with van der Waals surface area (Å²) in [6, 6.07) is 25.3. The van der Waals surface area contributed by atoms with Crippen molar-refractivity contribution in [3.8, 4) is 0 Å². The molecule has 1 aliphatic carbocycles. The van der Waals surface area contributed by atoms with Gasteiger partial charge in [-0.1, -0.05) is 66.7 Å². The van der Waals surface area contributed by atoms with Crippen LogP contribution in [0.15, 0.2) is 147 Å². The molecule has 254 valence electrons. The molecule has 4 aromatic carbocycles. The van der Waals surface area contributed by atoms with Gasteiger partial charge in [-0.25, -0.2) is 0 Å². The van der Waals surface area contributed by atoms with Crippen molar-refractivity contribution in [1.82, 2.24) is 0 Å². The van der Waals surface area contributed by atoms with Crippen LogP contribution in [0.2, 0.25) is 0 Å². The van der Waals surface area contributed by atoms with Crippen LogP contribution in [0.5, 0.6) is 0 Å². The Hall–Kier alpha value is -4.70. The third-order valence-corrected chi connectivity index (χ3v) is 10.4. The number of benzene rings is 4. The van der Waals surface area contributed by atoms with E-state index in [-0.39, 0.29) is 21.2 Å². The molecule has 0 atom stereocenters. The fourth-order valence-electron chi connectivity index (χ4n) is 5.27. The summed E-state index contributed by atoms with van der Waals surface area (Å²) in [5.74, 6) is 0. The Labute approximate surface area is 285 Å². The molecule has 0 bridgehead atoms. The van der Waals surface area contributed by atoms with Gasteiger partial charge in [-0.15, -0.1) is 0 Å². The first-order valence-corrected chi connectivity index (χ1v) is 19.2. The third kappa shape index (κ3) is 8.86. The lowest BCUT2D eigenvalue weighted by Gasteiger charge is -2.24. The lowest BCUT2D eigenvalue weighted by atomic mass is 9.90. The van der Waals surface area contributed by atoms with Crippen molar-refractivity contribution < 1.29 is 38.9 Å². The second-order valence-corrected chi connectivity index (χ2v) is 15.2. The summed E-state index contributed by atoms with van der Waals surface area (Å²) < 4.78 is 98.9. The van der Waals surface area contributed by atoms with Gasteiger partial charge in [-0.05, 0) is 89.4 Å². The highest BCUT2D eigenvalue weighted by atomic mass is 32.2. The molecule has 0 saturated heterocycles. The molecule has 4 aromatic rings. The second kappa shape index (κ2) is 14.4. The van der Waals surface area contributed by atoms with E-state index >= 15 is 0 Å². The Kier molecular flexibility index (Phi) is 10.5. The Morgan fingerprint density at radius 1 is 0.633 bits per heavy atom. The van der Waals surface area contributed by atoms with Gasteiger partial charge in [0.05, 0.1) is 22.0 Å². The molecule has 0 amide bonds. The minimum Gasteiger partial charge on any atom is -0.367 e. The number of hydrogen-bond donors (Lipinski definition) is 3. The fourth-order valence-corrected chi connectivity index (χ4v) is 6.93. The van der Waals surface area contributed by atoms with Crippen molar-refractivity contribution in [2.24, 2.45) is 4.99 Å². The molecule has 11 nitrogen and oxygen atoms in total. The molecule has 0 spiro atoms. The zero-order valence-electron chi connectivity index (χ0n) is 26.1. The van der Waals surface area contributed by atoms with Crippen molar-refractivity contribution in [2.45, 2.75) is 34.7 Å². The Bertz CT molecular complexity index is 2290. The van der Waals surface area contributed by atoms with E-state index in [0.717, 1.165) is 16.8 Å². The quantitative estimate of drug-likeness (QED) is 0.155. The smallest absolute Gasteiger partial charge is 0.295 e. The van der Waals surface area contributed by atoms with Crippen molar-refractivity contribution >= 4 is 47.3 Å². The summed E-state index contributed by atoms with van der Waals surface area (Å²) >= 11 is 0. The molecule has 0 aliphatic heterocycles. The van der Waals surface area contributed by atoms with Crippen LogP contribution in [-0.4, -0.2) is 51.2 Å². The van der Waals surface area contributed by atoms with E-state index in [1.807, 2.05) is 31.2 Å². The van der Waals surface area contributed by atoms with E-state index in [4.69, 9.17) is 0 Å². The average Bonchev–Trinajstić information content (AvgIpc) is 3.07. The summed E-state index contributed by atoms with van der Waals surface area (Å²) in [4.78, 5) is 5.97. The normalized spacial score (nSPS) is 13.4. The zero-order chi connectivity index (χ0) is 35.4. The molecular formula is C35H32N2O9S3. The summed E-state index contributed by atoms with van der Waals surface area (Å²) in [6.45, 7) is 3.30. The maximum atomic E-state index is 12.4. The van der Waals surface area contributed by atoms with E-state index in [0.29, 0.717) is 41.1 Å². The van der Waals surface area contributed by atoms with Crippen LogP contribution in [0.3, 0.4) is 0 Å². The number of anilines is 1. The summed E-state index contributed by atoms with van der Waals surface area (Å²) in [5.41, 5.74) is 5.21. The molecule has 0 saturated carbocycles. The molecule has 0 unspecified atom stereocenters. The number of allylic oxidation sites excluding steroid dienone is 5. The molecule has 0 aromatic heterocycles. The van der Waals surface area contributed by atoms with Gasteiger partial charge in [0.25, 0.3) is 30.4 Å². The first-order chi connectivity index (χ1) is 23.1. The predicted octanol–water partition coefficient (Wildman–Crippen LogP) is 6.02. The van der Waals surface area contributed by atoms with Gasteiger partial charge in [-0.2, -0.15) is 25.3 Å². The van der Waals surface area contributed by atoms with Crippen LogP contribution in [0.4, 0.5) is 5.69 Å². The molecule has 14 heteroatoms. The molecular weight excluding hydrogens is 689 g/mol. The largest absolute Gasteiger partial charge is 0.367 e. The maximum absolute atomic E-state index is 12.4. The van der Waals surface area contributed by atoms with Crippen LogP contribution in [-0.2, 0) is 43.4 Å². The number of hydrogen-bond acceptors (Lipinski definition) is 8. The standard InChI is InChI=1S/C35H32N2O9S3/c1-2-37(24-26-9-21-32(22-10-26)48(41,42)43)30-17-13-28(14-18-30)35(33-5-3-4-6-34(33)49(44,45)46)27-11-15-29(16-12-27)36-23-25-7-19-31(20-8-25)47(38,39)40/h3-22H,2,23-24H2,1H3,(H,38,39,40)(H,41,42,43)(H,44,45,46). The van der Waals surface area contributed by atoms with Crippen LogP contribution in [0.1, 0.15) is 29.2 Å². The van der Waals surface area contributed by atoms with Gasteiger partial charge >= 0.3 is 0 Å². The van der Waals surface area contributed by atoms with Gasteiger partial charge in [-0.3, -0.25) is 18.7 Å². The molecule has 0 radical (unpaired) electrons. The summed E-state index contributed by atoms with van der Waals surface area (Å²) in [6.07, 6.45) is 7.11. The van der Waals surface area contributed by atoms with Crippen molar-refractivity contribution in [3.63, 3.8) is 0 Å². The first kappa shape index (κ1) is 35.6. The first-order valence-electron chi connectivity index (χ1n) is 14.8. The second-order valence-electron chi connectivity index (χ2n) is 11.0. The number of aliphatic imine (C=N–C) groups is 1. The molecule has 49 heavy (non-hydrogen) atoms. The van der Waals surface area contributed by atoms with Crippen molar-refractivity contribution in [1.29, 1.82) is 0 Å². The highest BCUT2D eigenvalue weighted by molar-refractivity contribution is 7.86. The van der Waals surface area contributed by atoms with Gasteiger partial charge < -0.3 is 4.90 Å². The van der Waals surface area contributed by atoms with E-state index in [2.05, 4.69) is 9.89 Å². The molecule has 0 fully saturated rings. The Morgan fingerprint density at radius 3 is 1.67 bits per heavy atom. The van der Waals surface area contributed by atoms with Crippen LogP contribution >= 0.6 is 0 Å². The minimum atomic E-state index is -4.58. The molecule has 1 aliphatic rings. The Balaban J connectivity index is 1.46. The van der Waals surface area contributed by atoms with E-state index < -0.39 is 30.4 Å². The van der Waals surface area contributed by atoms with E-state index in [1.54, 1.807) is 60.7 Å². The van der Waals surface area contributed by atoms with Crippen molar-refractivity contribution in [2.75, 3.05) is 11.4 Å². The summed E-state index contributed by atoms with van der Waals surface area (Å²) in [5, 5.41) is 0. The van der Waals surface area contributed by atoms with Crippen LogP contribution < -0.4 is 4.90 Å². The predicted molar refractivity (Wildman–Crippen MR) is 187 cm³/mol. The van der Waals surface area contributed by atoms with E-state index in [9.17, 15) is 38.9 Å². The zero-order valence-corrected chi connectivity index (χ0v) is 28.5. The highest BCUT2D eigenvalue weighted by Gasteiger charge is 2.21. The molecule has 0 heterocycles. The lowest BCUT2D eigenvalue weighted by Crippen LogP contribution is -2.22. The van der Waals surface area contributed by atoms with Gasteiger partial charge in [0, 0.05) is 24.3 Å². The molecule has 5 rings (SSSR count). The number of rotatable bonds is 11. The van der Waals surface area contributed by atoms with Crippen molar-refractivity contribution in [3.05, 3.63) is 149 Å². The molecule has 3 N–H and O–H groups in total. The van der Waals surface area contributed by atoms with E-state index in [1.165, 1.54) is 36.4 Å². The Morgan fingerprint density at radius 2 is 1.16 bits per heavy atom. The monoisotopic (exact) mass is 720 g/mol. The minimum absolute atomic E-state index is 0.188. The van der Waals surface area contributed by atoms with Gasteiger partial charge in [0.2, 0.25) is 0 Å². The lowest BCUT2D eigenvalue weighted by molar-refractivity contribution is 0.480. The SMILES string of the molecule is CCN(Cc1ccc(S(=O)(=O)O)cc1)c1ccc(C(=C2C=CC(=NCc3ccc(S(=O)(=O)O)cc3)C=C2)c2ccccc2S(=O)(=O)O)cc1. The van der Waals surface area contributed by atoms with Gasteiger partial charge in [0.1, 0.15) is 4.90 Å². The summed E-state index contributed by atoms with van der Waals surface area (Å²) in [7, 11) is -13.2. The van der Waals surface area contributed by atoms with Crippen LogP contribution in [0, 0.1) is 0 Å². The fraction of sp³-hybridized carbons (Fsp3) is 0.114. The van der Waals surface area contributed by atoms with Gasteiger partial charge in [0.15, 0.2) is 0 Å². The topological polar surface area (TPSA) is 179 Å². The third-order valence-electron chi connectivity index (χ3n) is 7.75. The maximum Gasteiger partial charge on any atom is 0.295 e. The highest BCUT2D eigenvalue weighted by Crippen LogP contribution is 2.35. The number of nitrogens with zero attached hydrogens (tertiary/aromatic N) is 2.